The van der Waals surface area contributed by atoms with E-state index in [2.05, 4.69) is 5.32 Å². The highest BCUT2D eigenvalue weighted by Crippen LogP contribution is 2.43. The molecule has 3 aromatic rings. The standard InChI is InChI=1S/C20H19N3O2/c1-11(23(2)3)21-19-14-6-4-5-7-16(14)22-18-13-9-8-12(24)10-15(13)20(25)17(18)19/h4-11,24H,1-3H3,(H,21,22). The summed E-state index contributed by atoms with van der Waals surface area (Å²) in [5.74, 6) is -0.0201. The Balaban J connectivity index is 2.02. The summed E-state index contributed by atoms with van der Waals surface area (Å²) in [6.45, 7) is 2.04. The molecule has 0 amide bonds. The number of hydrogen-bond donors (Lipinski definition) is 2. The zero-order chi connectivity index (χ0) is 17.7. The quantitative estimate of drug-likeness (QED) is 0.562. The summed E-state index contributed by atoms with van der Waals surface area (Å²) in [4.78, 5) is 19.8. The van der Waals surface area contributed by atoms with Crippen molar-refractivity contribution in [2.24, 2.45) is 0 Å². The number of benzene rings is 2. The van der Waals surface area contributed by atoms with E-state index in [1.165, 1.54) is 6.07 Å². The van der Waals surface area contributed by atoms with E-state index in [4.69, 9.17) is 4.98 Å². The first-order chi connectivity index (χ1) is 12.0. The second kappa shape index (κ2) is 5.57. The molecule has 1 atom stereocenters. The minimum absolute atomic E-state index is 0.0415. The van der Waals surface area contributed by atoms with Gasteiger partial charge in [-0.15, -0.1) is 0 Å². The maximum absolute atomic E-state index is 13.1. The second-order valence-electron chi connectivity index (χ2n) is 6.57. The highest BCUT2D eigenvalue weighted by molar-refractivity contribution is 6.26. The normalized spacial score (nSPS) is 13.8. The first-order valence-electron chi connectivity index (χ1n) is 8.21. The molecule has 25 heavy (non-hydrogen) atoms. The summed E-state index contributed by atoms with van der Waals surface area (Å²) in [6, 6.07) is 12.7. The number of phenolic OH excluding ortho intramolecular Hbond substituents is 1. The molecule has 0 aliphatic heterocycles. The molecule has 1 aliphatic carbocycles. The lowest BCUT2D eigenvalue weighted by Gasteiger charge is -2.24. The fraction of sp³-hybridized carbons (Fsp3) is 0.200. The predicted octanol–water partition coefficient (Wildman–Crippen LogP) is 3.47. The Bertz CT molecular complexity index is 1010. The molecule has 1 unspecified atom stereocenters. The maximum atomic E-state index is 13.1. The number of pyridine rings is 1. The molecule has 0 radical (unpaired) electrons. The molecular formula is C20H19N3O2. The molecule has 5 heteroatoms. The van der Waals surface area contributed by atoms with Crippen LogP contribution in [0.1, 0.15) is 22.8 Å². The molecule has 0 bridgehead atoms. The summed E-state index contributed by atoms with van der Waals surface area (Å²) in [5.41, 5.74) is 4.15. The molecule has 0 spiro atoms. The third-order valence-corrected chi connectivity index (χ3v) is 4.75. The zero-order valence-electron chi connectivity index (χ0n) is 14.4. The van der Waals surface area contributed by atoms with Crippen molar-refractivity contribution in [2.75, 3.05) is 19.4 Å². The van der Waals surface area contributed by atoms with Crippen molar-refractivity contribution in [3.8, 4) is 17.0 Å². The van der Waals surface area contributed by atoms with Crippen LogP contribution in [0.3, 0.4) is 0 Å². The van der Waals surface area contributed by atoms with Gasteiger partial charge in [-0.3, -0.25) is 9.69 Å². The molecule has 1 heterocycles. The van der Waals surface area contributed by atoms with E-state index in [1.54, 1.807) is 12.1 Å². The summed E-state index contributed by atoms with van der Waals surface area (Å²) < 4.78 is 0. The van der Waals surface area contributed by atoms with E-state index in [1.807, 2.05) is 50.2 Å². The molecule has 1 aromatic heterocycles. The van der Waals surface area contributed by atoms with E-state index >= 15 is 0 Å². The van der Waals surface area contributed by atoms with E-state index < -0.39 is 0 Å². The van der Waals surface area contributed by atoms with Crippen molar-refractivity contribution in [3.05, 3.63) is 53.6 Å². The number of aromatic hydroxyl groups is 1. The Morgan fingerprint density at radius 2 is 1.88 bits per heavy atom. The van der Waals surface area contributed by atoms with Gasteiger partial charge in [-0.05, 0) is 45.3 Å². The molecule has 1 aliphatic rings. The largest absolute Gasteiger partial charge is 0.508 e. The minimum atomic E-state index is -0.104. The van der Waals surface area contributed by atoms with Gasteiger partial charge < -0.3 is 10.4 Å². The molecule has 5 nitrogen and oxygen atoms in total. The lowest BCUT2D eigenvalue weighted by atomic mass is 10.0. The van der Waals surface area contributed by atoms with Gasteiger partial charge in [0.2, 0.25) is 0 Å². The lowest BCUT2D eigenvalue weighted by molar-refractivity contribution is 0.104. The van der Waals surface area contributed by atoms with E-state index in [0.717, 1.165) is 22.2 Å². The maximum Gasteiger partial charge on any atom is 0.198 e. The molecule has 4 rings (SSSR count). The van der Waals surface area contributed by atoms with Crippen LogP contribution in [0, 0.1) is 0 Å². The molecule has 2 aromatic carbocycles. The number of fused-ring (bicyclic) bond motifs is 4. The number of rotatable bonds is 3. The number of nitrogens with one attached hydrogen (secondary N) is 1. The van der Waals surface area contributed by atoms with Crippen LogP contribution in [0.2, 0.25) is 0 Å². The SMILES string of the molecule is CC(Nc1c2c(nc3ccccc13)-c1ccc(O)cc1C2=O)N(C)C. The van der Waals surface area contributed by atoms with Gasteiger partial charge in [-0.2, -0.15) is 0 Å². The molecule has 2 N–H and O–H groups in total. The van der Waals surface area contributed by atoms with Gasteiger partial charge in [0, 0.05) is 16.5 Å². The number of para-hydroxylation sites is 1. The van der Waals surface area contributed by atoms with Crippen LogP contribution in [-0.2, 0) is 0 Å². The molecule has 0 saturated heterocycles. The number of hydrogen-bond acceptors (Lipinski definition) is 5. The first-order valence-corrected chi connectivity index (χ1v) is 8.21. The van der Waals surface area contributed by atoms with Crippen LogP contribution in [0.25, 0.3) is 22.2 Å². The first kappa shape index (κ1) is 15.6. The van der Waals surface area contributed by atoms with Gasteiger partial charge in [0.15, 0.2) is 5.78 Å². The smallest absolute Gasteiger partial charge is 0.198 e. The lowest BCUT2D eigenvalue weighted by Crippen LogP contribution is -2.32. The third-order valence-electron chi connectivity index (χ3n) is 4.75. The van der Waals surface area contributed by atoms with Crippen LogP contribution >= 0.6 is 0 Å². The molecule has 0 saturated carbocycles. The van der Waals surface area contributed by atoms with Gasteiger partial charge in [-0.1, -0.05) is 18.2 Å². The van der Waals surface area contributed by atoms with Crippen molar-refractivity contribution < 1.29 is 9.90 Å². The summed E-state index contributed by atoms with van der Waals surface area (Å²) in [5, 5.41) is 14.2. The number of anilines is 1. The average Bonchev–Trinajstić information content (AvgIpc) is 2.86. The number of aromatic nitrogens is 1. The number of carbonyl (C=O) groups is 1. The molecule has 0 fully saturated rings. The summed E-state index contributed by atoms with van der Waals surface area (Å²) in [7, 11) is 3.96. The monoisotopic (exact) mass is 333 g/mol. The Kier molecular flexibility index (Phi) is 3.47. The van der Waals surface area contributed by atoms with Crippen molar-refractivity contribution in [2.45, 2.75) is 13.1 Å². The Hall–Kier alpha value is -2.92. The fourth-order valence-corrected chi connectivity index (χ4v) is 3.18. The molecule has 126 valence electrons. The number of phenols is 1. The average molecular weight is 333 g/mol. The summed E-state index contributed by atoms with van der Waals surface area (Å²) in [6.07, 6.45) is 0.0415. The summed E-state index contributed by atoms with van der Waals surface area (Å²) >= 11 is 0. The minimum Gasteiger partial charge on any atom is -0.508 e. The van der Waals surface area contributed by atoms with Gasteiger partial charge in [0.25, 0.3) is 0 Å². The van der Waals surface area contributed by atoms with E-state index in [0.29, 0.717) is 16.8 Å². The van der Waals surface area contributed by atoms with Crippen LogP contribution in [0.4, 0.5) is 5.69 Å². The van der Waals surface area contributed by atoms with Crippen molar-refractivity contribution in [3.63, 3.8) is 0 Å². The van der Waals surface area contributed by atoms with Gasteiger partial charge >= 0.3 is 0 Å². The van der Waals surface area contributed by atoms with Crippen LogP contribution < -0.4 is 5.32 Å². The van der Waals surface area contributed by atoms with Gasteiger partial charge in [0.1, 0.15) is 5.75 Å². The van der Waals surface area contributed by atoms with Gasteiger partial charge in [-0.25, -0.2) is 4.98 Å². The Morgan fingerprint density at radius 3 is 2.64 bits per heavy atom. The topological polar surface area (TPSA) is 65.5 Å². The fourth-order valence-electron chi connectivity index (χ4n) is 3.18. The number of ketones is 1. The number of carbonyl (C=O) groups excluding carboxylic acids is 1. The van der Waals surface area contributed by atoms with Crippen LogP contribution in [-0.4, -0.2) is 41.0 Å². The van der Waals surface area contributed by atoms with E-state index in [-0.39, 0.29) is 17.7 Å². The zero-order valence-corrected chi connectivity index (χ0v) is 14.4. The predicted molar refractivity (Wildman–Crippen MR) is 99.0 cm³/mol. The Labute approximate surface area is 145 Å². The van der Waals surface area contributed by atoms with Crippen molar-refractivity contribution >= 4 is 22.4 Å². The third kappa shape index (κ3) is 2.36. The number of nitrogens with zero attached hydrogens (tertiary/aromatic N) is 2. The van der Waals surface area contributed by atoms with Crippen molar-refractivity contribution in [1.82, 2.24) is 9.88 Å². The highest BCUT2D eigenvalue weighted by atomic mass is 16.3. The van der Waals surface area contributed by atoms with Crippen LogP contribution in [0.5, 0.6) is 5.75 Å². The Morgan fingerprint density at radius 1 is 1.12 bits per heavy atom. The van der Waals surface area contributed by atoms with Crippen LogP contribution in [0.15, 0.2) is 42.5 Å². The highest BCUT2D eigenvalue weighted by Gasteiger charge is 2.32. The van der Waals surface area contributed by atoms with Gasteiger partial charge in [0.05, 0.1) is 28.6 Å². The van der Waals surface area contributed by atoms with E-state index in [9.17, 15) is 9.90 Å². The molecular weight excluding hydrogens is 314 g/mol. The van der Waals surface area contributed by atoms with Crippen molar-refractivity contribution in [1.29, 1.82) is 0 Å². The second-order valence-corrected chi connectivity index (χ2v) is 6.57.